The van der Waals surface area contributed by atoms with Gasteiger partial charge < -0.3 is 11.1 Å². The largest absolute Gasteiger partial charge is 0.365 e. The normalized spacial score (nSPS) is 13.5. The van der Waals surface area contributed by atoms with Gasteiger partial charge in [0.05, 0.1) is 0 Å². The van der Waals surface area contributed by atoms with Crippen molar-refractivity contribution in [3.8, 4) is 0 Å². The number of nitrogens with zero attached hydrogens (tertiary/aromatic N) is 2. The molecule has 0 aliphatic carbocycles. The molecule has 0 aliphatic rings. The number of hydrogen-bond donors (Lipinski definition) is 2. The maximum absolute atomic E-state index is 5.81. The van der Waals surface area contributed by atoms with Crippen LogP contribution in [0.1, 0.15) is 39.2 Å². The molecule has 0 radical (unpaired) electrons. The van der Waals surface area contributed by atoms with Gasteiger partial charge in [-0.25, -0.2) is 9.97 Å². The monoisotopic (exact) mass is 236 g/mol. The van der Waals surface area contributed by atoms with Crippen molar-refractivity contribution in [1.82, 2.24) is 9.97 Å². The predicted octanol–water partition coefficient (Wildman–Crippen LogP) is 2.13. The van der Waals surface area contributed by atoms with Crippen LogP contribution in [0.3, 0.4) is 0 Å². The Morgan fingerprint density at radius 1 is 1.35 bits per heavy atom. The van der Waals surface area contributed by atoms with Crippen molar-refractivity contribution in [3.05, 3.63) is 17.6 Å². The van der Waals surface area contributed by atoms with Crippen LogP contribution >= 0.6 is 0 Å². The standard InChI is InChI=1S/C13H24N4/c1-6-10-7-12(16-9(2)15-10)17-11(8-14)13(3,4)5/h7,11H,6,8,14H2,1-5H3,(H,15,16,17). The molecule has 0 spiro atoms. The summed E-state index contributed by atoms with van der Waals surface area (Å²) in [5.41, 5.74) is 6.98. The van der Waals surface area contributed by atoms with Crippen LogP contribution in [-0.4, -0.2) is 22.6 Å². The highest BCUT2D eigenvalue weighted by atomic mass is 15.1. The summed E-state index contributed by atoms with van der Waals surface area (Å²) in [6.07, 6.45) is 0.918. The van der Waals surface area contributed by atoms with Gasteiger partial charge in [0.15, 0.2) is 0 Å². The minimum absolute atomic E-state index is 0.111. The highest BCUT2D eigenvalue weighted by Gasteiger charge is 2.23. The molecule has 1 unspecified atom stereocenters. The summed E-state index contributed by atoms with van der Waals surface area (Å²) in [5.74, 6) is 1.68. The van der Waals surface area contributed by atoms with Gasteiger partial charge in [0.2, 0.25) is 0 Å². The van der Waals surface area contributed by atoms with E-state index in [9.17, 15) is 0 Å². The molecule has 0 saturated heterocycles. The fourth-order valence-electron chi connectivity index (χ4n) is 1.69. The zero-order chi connectivity index (χ0) is 13.1. The van der Waals surface area contributed by atoms with E-state index in [-0.39, 0.29) is 11.5 Å². The summed E-state index contributed by atoms with van der Waals surface area (Å²) in [5, 5.41) is 3.41. The maximum atomic E-state index is 5.81. The number of hydrogen-bond acceptors (Lipinski definition) is 4. The Morgan fingerprint density at radius 3 is 2.47 bits per heavy atom. The number of nitrogens with one attached hydrogen (secondary N) is 1. The number of anilines is 1. The van der Waals surface area contributed by atoms with Crippen molar-refractivity contribution < 1.29 is 0 Å². The van der Waals surface area contributed by atoms with Crippen molar-refractivity contribution in [1.29, 1.82) is 0 Å². The average molecular weight is 236 g/mol. The first-order valence-corrected chi connectivity index (χ1v) is 6.18. The van der Waals surface area contributed by atoms with Crippen LogP contribution in [0, 0.1) is 12.3 Å². The summed E-state index contributed by atoms with van der Waals surface area (Å²) in [6.45, 7) is 11.1. The van der Waals surface area contributed by atoms with Gasteiger partial charge in [0.1, 0.15) is 11.6 Å². The van der Waals surface area contributed by atoms with E-state index >= 15 is 0 Å². The molecule has 4 heteroatoms. The summed E-state index contributed by atoms with van der Waals surface area (Å²) in [4.78, 5) is 8.77. The number of nitrogens with two attached hydrogens (primary N) is 1. The second kappa shape index (κ2) is 5.45. The highest BCUT2D eigenvalue weighted by molar-refractivity contribution is 5.37. The molecular formula is C13H24N4. The Hall–Kier alpha value is -1.16. The Balaban J connectivity index is 2.90. The third-order valence-corrected chi connectivity index (χ3v) is 2.86. The summed E-state index contributed by atoms with van der Waals surface area (Å²) >= 11 is 0. The van der Waals surface area contributed by atoms with Crippen molar-refractivity contribution in [2.24, 2.45) is 11.1 Å². The van der Waals surface area contributed by atoms with Crippen molar-refractivity contribution in [2.45, 2.75) is 47.1 Å². The zero-order valence-corrected chi connectivity index (χ0v) is 11.5. The Kier molecular flexibility index (Phi) is 4.46. The minimum Gasteiger partial charge on any atom is -0.365 e. The molecule has 0 amide bonds. The van der Waals surface area contributed by atoms with Crippen LogP contribution in [0.4, 0.5) is 5.82 Å². The van der Waals surface area contributed by atoms with Crippen molar-refractivity contribution in [3.63, 3.8) is 0 Å². The minimum atomic E-state index is 0.111. The van der Waals surface area contributed by atoms with E-state index in [4.69, 9.17) is 5.73 Å². The van der Waals surface area contributed by atoms with Gasteiger partial charge in [-0.2, -0.15) is 0 Å². The van der Waals surface area contributed by atoms with Gasteiger partial charge in [-0.1, -0.05) is 27.7 Å². The van der Waals surface area contributed by atoms with E-state index in [0.717, 1.165) is 23.8 Å². The van der Waals surface area contributed by atoms with Crippen molar-refractivity contribution in [2.75, 3.05) is 11.9 Å². The topological polar surface area (TPSA) is 63.8 Å². The van der Waals surface area contributed by atoms with Gasteiger partial charge >= 0.3 is 0 Å². The van der Waals surface area contributed by atoms with E-state index in [2.05, 4.69) is 43.0 Å². The molecule has 4 nitrogen and oxygen atoms in total. The molecule has 0 bridgehead atoms. The molecule has 96 valence electrons. The molecule has 0 saturated carbocycles. The summed E-state index contributed by atoms with van der Waals surface area (Å²) in [6, 6.07) is 2.21. The van der Waals surface area contributed by atoms with Crippen LogP contribution < -0.4 is 11.1 Å². The average Bonchev–Trinajstić information content (AvgIpc) is 2.23. The fraction of sp³-hybridized carbons (Fsp3) is 0.692. The first kappa shape index (κ1) is 13.9. The first-order valence-electron chi connectivity index (χ1n) is 6.18. The van der Waals surface area contributed by atoms with Crippen LogP contribution in [-0.2, 0) is 6.42 Å². The number of rotatable bonds is 4. The Bertz CT molecular complexity index is 368. The molecule has 3 N–H and O–H groups in total. The van der Waals surface area contributed by atoms with E-state index in [0.29, 0.717) is 6.54 Å². The molecule has 17 heavy (non-hydrogen) atoms. The molecule has 1 aromatic rings. The maximum Gasteiger partial charge on any atom is 0.130 e. The second-order valence-corrected chi connectivity index (χ2v) is 5.44. The summed E-state index contributed by atoms with van der Waals surface area (Å²) < 4.78 is 0. The molecular weight excluding hydrogens is 212 g/mol. The van der Waals surface area contributed by atoms with Gasteiger partial charge in [0, 0.05) is 24.3 Å². The molecule has 1 aromatic heterocycles. The predicted molar refractivity (Wildman–Crippen MR) is 72.1 cm³/mol. The van der Waals surface area contributed by atoms with Crippen LogP contribution in [0.25, 0.3) is 0 Å². The lowest BCUT2D eigenvalue weighted by molar-refractivity contribution is 0.345. The Labute approximate surface area is 104 Å². The van der Waals surface area contributed by atoms with Crippen LogP contribution in [0.15, 0.2) is 6.07 Å². The number of aromatic nitrogens is 2. The third kappa shape index (κ3) is 3.97. The fourth-order valence-corrected chi connectivity index (χ4v) is 1.69. The van der Waals surface area contributed by atoms with Crippen LogP contribution in [0.2, 0.25) is 0 Å². The molecule has 1 atom stereocenters. The lowest BCUT2D eigenvalue weighted by Crippen LogP contribution is -2.40. The molecule has 0 fully saturated rings. The van der Waals surface area contributed by atoms with Crippen LogP contribution in [0.5, 0.6) is 0 Å². The van der Waals surface area contributed by atoms with Gasteiger partial charge in [-0.05, 0) is 18.8 Å². The van der Waals surface area contributed by atoms with E-state index in [1.165, 1.54) is 0 Å². The molecule has 0 aromatic carbocycles. The quantitative estimate of drug-likeness (QED) is 0.840. The van der Waals surface area contributed by atoms with E-state index in [1.54, 1.807) is 0 Å². The first-order chi connectivity index (χ1) is 7.86. The molecule has 1 rings (SSSR count). The second-order valence-electron chi connectivity index (χ2n) is 5.44. The highest BCUT2D eigenvalue weighted by Crippen LogP contribution is 2.22. The van der Waals surface area contributed by atoms with Gasteiger partial charge in [0.25, 0.3) is 0 Å². The van der Waals surface area contributed by atoms with Gasteiger partial charge in [-0.15, -0.1) is 0 Å². The Morgan fingerprint density at radius 2 is 2.00 bits per heavy atom. The van der Waals surface area contributed by atoms with E-state index < -0.39 is 0 Å². The lowest BCUT2D eigenvalue weighted by atomic mass is 9.87. The van der Waals surface area contributed by atoms with Gasteiger partial charge in [-0.3, -0.25) is 0 Å². The SMILES string of the molecule is CCc1cc(NC(CN)C(C)(C)C)nc(C)n1. The summed E-state index contributed by atoms with van der Waals surface area (Å²) in [7, 11) is 0. The van der Waals surface area contributed by atoms with E-state index in [1.807, 2.05) is 13.0 Å². The third-order valence-electron chi connectivity index (χ3n) is 2.86. The lowest BCUT2D eigenvalue weighted by Gasteiger charge is -2.30. The smallest absolute Gasteiger partial charge is 0.130 e. The van der Waals surface area contributed by atoms with Crippen molar-refractivity contribution >= 4 is 5.82 Å². The zero-order valence-electron chi connectivity index (χ0n) is 11.5. The molecule has 0 aliphatic heterocycles. The molecule has 1 heterocycles. The number of aryl methyl sites for hydroxylation is 2.